The molecule has 2 aromatic carbocycles. The van der Waals surface area contributed by atoms with E-state index in [1.165, 1.54) is 0 Å². The first-order valence-corrected chi connectivity index (χ1v) is 10.7. The van der Waals surface area contributed by atoms with Gasteiger partial charge in [-0.25, -0.2) is 0 Å². The number of nitrogens with one attached hydrogen (secondary N) is 1. The summed E-state index contributed by atoms with van der Waals surface area (Å²) in [6, 6.07) is 13.2. The number of allylic oxidation sites excluding steroid dienone is 1. The van der Waals surface area contributed by atoms with E-state index in [0.29, 0.717) is 33.9 Å². The highest BCUT2D eigenvalue weighted by Gasteiger charge is 2.34. The first kappa shape index (κ1) is 20.8. The van der Waals surface area contributed by atoms with Crippen molar-refractivity contribution in [3.63, 3.8) is 0 Å². The molecule has 9 heteroatoms. The van der Waals surface area contributed by atoms with Crippen molar-refractivity contribution in [2.45, 2.75) is 19.4 Å². The molecule has 0 unspecified atom stereocenters. The third-order valence-corrected chi connectivity index (χ3v) is 6.25. The molecule has 0 saturated carbocycles. The van der Waals surface area contributed by atoms with Gasteiger partial charge in [-0.1, -0.05) is 35.3 Å². The zero-order valence-corrected chi connectivity index (χ0v) is 19.3. The van der Waals surface area contributed by atoms with Crippen molar-refractivity contribution in [2.75, 3.05) is 0 Å². The standard InChI is InChI=1S/C21H15Cl2IN4O2/c1-10-18-19(14(8-25)20(26)30-21(18)28-27-10)11-3-5-17(16(24)6-11)29-9-12-2-4-13(22)7-15(12)23/h2-7,19H,9,26H2,1H3,(H,27,28)/t19-/m0/s1. The van der Waals surface area contributed by atoms with Crippen molar-refractivity contribution in [2.24, 2.45) is 5.73 Å². The Bertz CT molecular complexity index is 1220. The topological polar surface area (TPSA) is 97.0 Å². The van der Waals surface area contributed by atoms with Gasteiger partial charge in [0, 0.05) is 26.9 Å². The number of benzene rings is 2. The van der Waals surface area contributed by atoms with Gasteiger partial charge in [0.1, 0.15) is 24.0 Å². The Labute approximate surface area is 196 Å². The second-order valence-corrected chi connectivity index (χ2v) is 8.71. The summed E-state index contributed by atoms with van der Waals surface area (Å²) >= 11 is 14.4. The molecule has 2 heterocycles. The molecule has 152 valence electrons. The molecular weight excluding hydrogens is 538 g/mol. The van der Waals surface area contributed by atoms with Gasteiger partial charge < -0.3 is 15.2 Å². The van der Waals surface area contributed by atoms with Gasteiger partial charge in [-0.15, -0.1) is 5.10 Å². The summed E-state index contributed by atoms with van der Waals surface area (Å²) < 4.78 is 12.4. The molecule has 6 nitrogen and oxygen atoms in total. The van der Waals surface area contributed by atoms with Crippen LogP contribution in [0.15, 0.2) is 47.9 Å². The maximum Gasteiger partial charge on any atom is 0.244 e. The molecule has 1 aliphatic rings. The number of ether oxygens (including phenoxy) is 2. The molecule has 30 heavy (non-hydrogen) atoms. The number of H-pyrrole nitrogens is 1. The Morgan fingerprint density at radius 1 is 1.30 bits per heavy atom. The second-order valence-electron chi connectivity index (χ2n) is 6.71. The molecule has 3 aromatic rings. The monoisotopic (exact) mass is 552 g/mol. The van der Waals surface area contributed by atoms with Crippen LogP contribution in [-0.2, 0) is 6.61 Å². The molecule has 0 aliphatic carbocycles. The zero-order valence-electron chi connectivity index (χ0n) is 15.7. The van der Waals surface area contributed by atoms with Gasteiger partial charge in [-0.2, -0.15) is 5.26 Å². The smallest absolute Gasteiger partial charge is 0.244 e. The minimum atomic E-state index is -0.370. The van der Waals surface area contributed by atoms with Gasteiger partial charge in [0.05, 0.1) is 9.49 Å². The Morgan fingerprint density at radius 2 is 2.10 bits per heavy atom. The molecule has 3 N–H and O–H groups in total. The minimum Gasteiger partial charge on any atom is -0.488 e. The quantitative estimate of drug-likeness (QED) is 0.421. The van der Waals surface area contributed by atoms with E-state index in [-0.39, 0.29) is 11.8 Å². The summed E-state index contributed by atoms with van der Waals surface area (Å²) in [5.74, 6) is 0.790. The van der Waals surface area contributed by atoms with Crippen molar-refractivity contribution in [3.8, 4) is 17.7 Å². The average Bonchev–Trinajstić information content (AvgIpc) is 3.07. The van der Waals surface area contributed by atoms with E-state index in [0.717, 1.165) is 26.0 Å². The summed E-state index contributed by atoms with van der Waals surface area (Å²) in [5.41, 5.74) is 9.69. The van der Waals surface area contributed by atoms with E-state index in [4.69, 9.17) is 38.4 Å². The summed E-state index contributed by atoms with van der Waals surface area (Å²) in [5, 5.41) is 17.9. The molecule has 0 fully saturated rings. The summed E-state index contributed by atoms with van der Waals surface area (Å²) in [6.07, 6.45) is 0. The van der Waals surface area contributed by atoms with E-state index in [2.05, 4.69) is 38.9 Å². The average molecular weight is 553 g/mol. The van der Waals surface area contributed by atoms with Gasteiger partial charge in [-0.3, -0.25) is 5.10 Å². The van der Waals surface area contributed by atoms with Crippen LogP contribution in [0.5, 0.6) is 11.6 Å². The van der Waals surface area contributed by atoms with E-state index in [9.17, 15) is 5.26 Å². The second kappa shape index (κ2) is 8.38. The van der Waals surface area contributed by atoms with E-state index >= 15 is 0 Å². The maximum atomic E-state index is 9.68. The Morgan fingerprint density at radius 3 is 2.80 bits per heavy atom. The lowest BCUT2D eigenvalue weighted by atomic mass is 9.84. The van der Waals surface area contributed by atoms with Gasteiger partial charge in [0.15, 0.2) is 0 Å². The number of aromatic amines is 1. The minimum absolute atomic E-state index is 0.0641. The maximum absolute atomic E-state index is 9.68. The van der Waals surface area contributed by atoms with Gasteiger partial charge >= 0.3 is 0 Å². The lowest BCUT2D eigenvalue weighted by molar-refractivity contribution is 0.304. The van der Waals surface area contributed by atoms with Crippen LogP contribution >= 0.6 is 45.8 Å². The molecule has 0 saturated heterocycles. The van der Waals surface area contributed by atoms with Crippen LogP contribution in [0.1, 0.15) is 28.3 Å². The van der Waals surface area contributed by atoms with Crippen LogP contribution in [0.3, 0.4) is 0 Å². The molecule has 1 atom stereocenters. The Balaban J connectivity index is 1.64. The number of hydrogen-bond donors (Lipinski definition) is 2. The highest BCUT2D eigenvalue weighted by Crippen LogP contribution is 2.43. The van der Waals surface area contributed by atoms with Crippen LogP contribution in [-0.4, -0.2) is 10.2 Å². The highest BCUT2D eigenvalue weighted by atomic mass is 127. The number of rotatable bonds is 4. The predicted octanol–water partition coefficient (Wildman–Crippen LogP) is 5.43. The summed E-state index contributed by atoms with van der Waals surface area (Å²) in [4.78, 5) is 0. The lowest BCUT2D eigenvalue weighted by Crippen LogP contribution is -2.21. The van der Waals surface area contributed by atoms with Crippen molar-refractivity contribution in [3.05, 3.63) is 83.9 Å². The number of hydrogen-bond acceptors (Lipinski definition) is 5. The third kappa shape index (κ3) is 3.83. The molecule has 1 aromatic heterocycles. The van der Waals surface area contributed by atoms with Crippen LogP contribution in [0, 0.1) is 21.8 Å². The molecular formula is C21H15Cl2IN4O2. The van der Waals surface area contributed by atoms with Crippen molar-refractivity contribution in [1.29, 1.82) is 5.26 Å². The fourth-order valence-electron chi connectivity index (χ4n) is 3.34. The number of fused-ring (bicyclic) bond motifs is 1. The van der Waals surface area contributed by atoms with E-state index < -0.39 is 0 Å². The molecule has 1 aliphatic heterocycles. The fraction of sp³-hybridized carbons (Fsp3) is 0.143. The Kier molecular flexibility index (Phi) is 5.82. The normalized spacial score (nSPS) is 15.4. The molecule has 0 amide bonds. The molecule has 0 bridgehead atoms. The summed E-state index contributed by atoms with van der Waals surface area (Å²) in [7, 11) is 0. The third-order valence-electron chi connectivity index (χ3n) is 4.82. The van der Waals surface area contributed by atoms with Crippen LogP contribution in [0.25, 0.3) is 0 Å². The highest BCUT2D eigenvalue weighted by molar-refractivity contribution is 14.1. The van der Waals surface area contributed by atoms with Crippen LogP contribution < -0.4 is 15.2 Å². The van der Waals surface area contributed by atoms with Crippen LogP contribution in [0.4, 0.5) is 0 Å². The summed E-state index contributed by atoms with van der Waals surface area (Å²) in [6.45, 7) is 2.20. The SMILES string of the molecule is Cc1[nH]nc2c1[C@@H](c1ccc(OCc3ccc(Cl)cc3Cl)c(I)c1)C(C#N)=C(N)O2. The first-order chi connectivity index (χ1) is 14.4. The lowest BCUT2D eigenvalue weighted by Gasteiger charge is -2.24. The number of halogens is 3. The first-order valence-electron chi connectivity index (χ1n) is 8.87. The molecule has 0 radical (unpaired) electrons. The fourth-order valence-corrected chi connectivity index (χ4v) is 4.50. The number of nitriles is 1. The molecule has 4 rings (SSSR count). The van der Waals surface area contributed by atoms with Crippen molar-refractivity contribution < 1.29 is 9.47 Å². The van der Waals surface area contributed by atoms with E-state index in [1.807, 2.05) is 31.2 Å². The number of aryl methyl sites for hydroxylation is 1. The van der Waals surface area contributed by atoms with Gasteiger partial charge in [0.2, 0.25) is 11.8 Å². The van der Waals surface area contributed by atoms with E-state index in [1.54, 1.807) is 12.1 Å². The van der Waals surface area contributed by atoms with Gasteiger partial charge in [0.25, 0.3) is 0 Å². The van der Waals surface area contributed by atoms with Crippen molar-refractivity contribution >= 4 is 45.8 Å². The zero-order chi connectivity index (χ0) is 21.4. The van der Waals surface area contributed by atoms with Gasteiger partial charge in [-0.05, 0) is 59.3 Å². The van der Waals surface area contributed by atoms with Crippen LogP contribution in [0.2, 0.25) is 10.0 Å². The number of nitrogens with two attached hydrogens (primary N) is 1. The number of nitrogens with zero attached hydrogens (tertiary/aromatic N) is 2. The van der Waals surface area contributed by atoms with Crippen molar-refractivity contribution in [1.82, 2.24) is 10.2 Å². The predicted molar refractivity (Wildman–Crippen MR) is 123 cm³/mol. The number of aromatic nitrogens is 2. The largest absolute Gasteiger partial charge is 0.488 e. The molecule has 0 spiro atoms. The Hall–Kier alpha value is -2.41.